The molecule has 1 fully saturated rings. The first-order valence-corrected chi connectivity index (χ1v) is 10.2. The van der Waals surface area contributed by atoms with Crippen LogP contribution in [0.4, 0.5) is 26.3 Å². The largest absolute Gasteiger partial charge is 0.481 e. The van der Waals surface area contributed by atoms with E-state index in [0.29, 0.717) is 18.8 Å². The van der Waals surface area contributed by atoms with Crippen molar-refractivity contribution in [2.24, 2.45) is 5.92 Å². The Bertz CT molecular complexity index is 869. The number of benzene rings is 2. The van der Waals surface area contributed by atoms with Crippen molar-refractivity contribution in [2.75, 3.05) is 6.61 Å². The molecule has 1 aliphatic rings. The molecule has 0 aromatic heterocycles. The van der Waals surface area contributed by atoms with Crippen LogP contribution in [0.15, 0.2) is 30.3 Å². The second-order valence-electron chi connectivity index (χ2n) is 7.86. The maximum Gasteiger partial charge on any atom is 0.422 e. The summed E-state index contributed by atoms with van der Waals surface area (Å²) in [7, 11) is 0. The summed E-state index contributed by atoms with van der Waals surface area (Å²) in [5.41, 5.74) is -0.279. The average Bonchev–Trinajstić information content (AvgIpc) is 2.70. The van der Waals surface area contributed by atoms with Gasteiger partial charge in [-0.25, -0.2) is 8.78 Å². The normalized spacial score (nSPS) is 19.7. The van der Waals surface area contributed by atoms with Crippen molar-refractivity contribution >= 4 is 0 Å². The zero-order valence-electron chi connectivity index (χ0n) is 16.7. The van der Waals surface area contributed by atoms with Gasteiger partial charge in [-0.15, -0.1) is 0 Å². The first-order chi connectivity index (χ1) is 14.2. The molecular weight excluding hydrogens is 406 g/mol. The fourth-order valence-corrected chi connectivity index (χ4v) is 4.28. The van der Waals surface area contributed by atoms with E-state index < -0.39 is 36.0 Å². The minimum absolute atomic E-state index is 0.141. The SMILES string of the molecule is CCCC1CCC(c2cc(-c3ccccc3F)c(F)c(F)c2OCC(F)(F)F)CC1. The summed E-state index contributed by atoms with van der Waals surface area (Å²) in [6.45, 7) is 0.367. The Morgan fingerprint density at radius 1 is 0.933 bits per heavy atom. The summed E-state index contributed by atoms with van der Waals surface area (Å²) in [4.78, 5) is 0. The Balaban J connectivity index is 2.03. The minimum atomic E-state index is -4.69. The van der Waals surface area contributed by atoms with E-state index in [1.54, 1.807) is 0 Å². The van der Waals surface area contributed by atoms with Crippen molar-refractivity contribution in [3.63, 3.8) is 0 Å². The van der Waals surface area contributed by atoms with Gasteiger partial charge in [0, 0.05) is 16.7 Å². The Morgan fingerprint density at radius 3 is 2.20 bits per heavy atom. The molecule has 0 spiro atoms. The number of alkyl halides is 3. The molecule has 7 heteroatoms. The van der Waals surface area contributed by atoms with Crippen molar-refractivity contribution in [3.05, 3.63) is 53.3 Å². The van der Waals surface area contributed by atoms with Crippen LogP contribution >= 0.6 is 0 Å². The highest BCUT2D eigenvalue weighted by Gasteiger charge is 2.33. The Labute approximate surface area is 172 Å². The van der Waals surface area contributed by atoms with Gasteiger partial charge in [0.15, 0.2) is 18.2 Å². The summed E-state index contributed by atoms with van der Waals surface area (Å²) in [6, 6.07) is 6.60. The lowest BCUT2D eigenvalue weighted by atomic mass is 9.76. The monoisotopic (exact) mass is 430 g/mol. The molecule has 1 aliphatic carbocycles. The van der Waals surface area contributed by atoms with Crippen molar-refractivity contribution in [1.82, 2.24) is 0 Å². The molecule has 1 nitrogen and oxygen atoms in total. The lowest BCUT2D eigenvalue weighted by Gasteiger charge is -2.30. The fraction of sp³-hybridized carbons (Fsp3) is 0.478. The van der Waals surface area contributed by atoms with E-state index in [4.69, 9.17) is 4.74 Å². The molecule has 0 atom stereocenters. The molecule has 0 bridgehead atoms. The smallest absolute Gasteiger partial charge is 0.422 e. The zero-order chi connectivity index (χ0) is 21.9. The number of rotatable bonds is 6. The van der Waals surface area contributed by atoms with Crippen molar-refractivity contribution in [1.29, 1.82) is 0 Å². The summed E-state index contributed by atoms with van der Waals surface area (Å²) in [5, 5.41) is 0. The summed E-state index contributed by atoms with van der Waals surface area (Å²) >= 11 is 0. The lowest BCUT2D eigenvalue weighted by Crippen LogP contribution is -2.22. The third-order valence-corrected chi connectivity index (χ3v) is 5.72. The van der Waals surface area contributed by atoms with E-state index in [-0.39, 0.29) is 22.6 Å². The van der Waals surface area contributed by atoms with Gasteiger partial charge in [0.05, 0.1) is 0 Å². The Hall–Kier alpha value is -2.18. The highest BCUT2D eigenvalue weighted by atomic mass is 19.4. The van der Waals surface area contributed by atoms with Gasteiger partial charge in [0.25, 0.3) is 0 Å². The number of hydrogen-bond acceptors (Lipinski definition) is 1. The quantitative estimate of drug-likeness (QED) is 0.425. The van der Waals surface area contributed by atoms with Gasteiger partial charge in [0.1, 0.15) is 5.82 Å². The van der Waals surface area contributed by atoms with Crippen LogP contribution in [0, 0.1) is 23.4 Å². The molecule has 0 aliphatic heterocycles. The zero-order valence-corrected chi connectivity index (χ0v) is 16.7. The van der Waals surface area contributed by atoms with E-state index in [1.807, 2.05) is 0 Å². The Kier molecular flexibility index (Phi) is 6.98. The van der Waals surface area contributed by atoms with Crippen LogP contribution in [-0.4, -0.2) is 12.8 Å². The molecule has 2 aromatic rings. The van der Waals surface area contributed by atoms with Crippen molar-refractivity contribution in [3.8, 4) is 16.9 Å². The summed E-state index contributed by atoms with van der Waals surface area (Å²) < 4.78 is 86.7. The molecule has 0 radical (unpaired) electrons. The van der Waals surface area contributed by atoms with Gasteiger partial charge in [-0.3, -0.25) is 0 Å². The molecule has 164 valence electrons. The molecule has 0 amide bonds. The van der Waals surface area contributed by atoms with E-state index >= 15 is 0 Å². The topological polar surface area (TPSA) is 9.23 Å². The number of hydrogen-bond donors (Lipinski definition) is 0. The highest BCUT2D eigenvalue weighted by Crippen LogP contribution is 2.45. The van der Waals surface area contributed by atoms with Gasteiger partial charge >= 0.3 is 6.18 Å². The maximum absolute atomic E-state index is 14.9. The molecule has 0 saturated heterocycles. The fourth-order valence-electron chi connectivity index (χ4n) is 4.28. The molecule has 0 unspecified atom stereocenters. The first kappa shape index (κ1) is 22.5. The Morgan fingerprint density at radius 2 is 1.60 bits per heavy atom. The maximum atomic E-state index is 14.9. The standard InChI is InChI=1S/C23H24F6O/c1-2-5-14-8-10-15(11-9-14)17-12-18(16-6-3-4-7-19(16)24)20(25)21(26)22(17)30-13-23(27,28)29/h3-4,6-7,12,14-15H,2,5,8-11,13H2,1H3. The minimum Gasteiger partial charge on any atom is -0.481 e. The number of ether oxygens (including phenoxy) is 1. The summed E-state index contributed by atoms with van der Waals surface area (Å²) in [5.74, 6) is -4.14. The van der Waals surface area contributed by atoms with Crippen LogP contribution < -0.4 is 4.74 Å². The molecule has 0 N–H and O–H groups in total. The molecular formula is C23H24F6O. The summed E-state index contributed by atoms with van der Waals surface area (Å²) in [6.07, 6.45) is 0.379. The lowest BCUT2D eigenvalue weighted by molar-refractivity contribution is -0.154. The van der Waals surface area contributed by atoms with Crippen LogP contribution in [0.3, 0.4) is 0 Å². The first-order valence-electron chi connectivity index (χ1n) is 10.2. The highest BCUT2D eigenvalue weighted by molar-refractivity contribution is 5.68. The van der Waals surface area contributed by atoms with Gasteiger partial charge < -0.3 is 4.74 Å². The second-order valence-corrected chi connectivity index (χ2v) is 7.86. The van der Waals surface area contributed by atoms with Crippen LogP contribution in [0.2, 0.25) is 0 Å². The van der Waals surface area contributed by atoms with Crippen LogP contribution in [0.1, 0.15) is 56.9 Å². The predicted octanol–water partition coefficient (Wildman–Crippen LogP) is 7.79. The molecule has 1 saturated carbocycles. The third kappa shape index (κ3) is 5.10. The van der Waals surface area contributed by atoms with Crippen LogP contribution in [0.25, 0.3) is 11.1 Å². The average molecular weight is 430 g/mol. The predicted molar refractivity (Wildman–Crippen MR) is 103 cm³/mol. The van der Waals surface area contributed by atoms with Gasteiger partial charge in [-0.1, -0.05) is 38.0 Å². The van der Waals surface area contributed by atoms with Crippen molar-refractivity contribution in [2.45, 2.75) is 57.5 Å². The molecule has 2 aromatic carbocycles. The van der Waals surface area contributed by atoms with Gasteiger partial charge in [-0.2, -0.15) is 17.6 Å². The molecule has 0 heterocycles. The van der Waals surface area contributed by atoms with E-state index in [1.165, 1.54) is 24.3 Å². The van der Waals surface area contributed by atoms with Crippen molar-refractivity contribution < 1.29 is 31.1 Å². The van der Waals surface area contributed by atoms with Crippen LogP contribution in [0.5, 0.6) is 5.75 Å². The van der Waals surface area contributed by atoms with Gasteiger partial charge in [-0.05, 0) is 49.7 Å². The van der Waals surface area contributed by atoms with Gasteiger partial charge in [0.2, 0.25) is 5.82 Å². The molecule has 3 rings (SSSR count). The van der Waals surface area contributed by atoms with E-state index in [9.17, 15) is 26.3 Å². The van der Waals surface area contributed by atoms with E-state index in [0.717, 1.165) is 31.7 Å². The molecule has 30 heavy (non-hydrogen) atoms. The third-order valence-electron chi connectivity index (χ3n) is 5.72. The van der Waals surface area contributed by atoms with E-state index in [2.05, 4.69) is 6.92 Å². The number of halogens is 6. The van der Waals surface area contributed by atoms with Crippen LogP contribution in [-0.2, 0) is 0 Å². The second kappa shape index (κ2) is 9.31.